The molecule has 3 N–H and O–H groups in total. The first-order chi connectivity index (χ1) is 11.5. The van der Waals surface area contributed by atoms with Gasteiger partial charge in [-0.1, -0.05) is 12.1 Å². The Balaban J connectivity index is 1.86. The molecule has 0 saturated heterocycles. The van der Waals surface area contributed by atoms with Gasteiger partial charge in [0.25, 0.3) is 0 Å². The highest BCUT2D eigenvalue weighted by Gasteiger charge is 2.11. The van der Waals surface area contributed by atoms with Gasteiger partial charge in [-0.05, 0) is 30.3 Å². The van der Waals surface area contributed by atoms with E-state index in [9.17, 15) is 18.4 Å². The molecule has 24 heavy (non-hydrogen) atoms. The van der Waals surface area contributed by atoms with Crippen molar-refractivity contribution >= 4 is 28.9 Å². The fourth-order valence-electron chi connectivity index (χ4n) is 2.05. The van der Waals surface area contributed by atoms with Crippen LogP contribution in [0.1, 0.15) is 13.3 Å². The molecule has 0 heterocycles. The molecule has 2 rings (SSSR count). The number of para-hydroxylation sites is 1. The number of anilines is 3. The Labute approximate surface area is 138 Å². The van der Waals surface area contributed by atoms with Gasteiger partial charge in [-0.15, -0.1) is 0 Å². The summed E-state index contributed by atoms with van der Waals surface area (Å²) in [4.78, 5) is 22.8. The Morgan fingerprint density at radius 2 is 1.58 bits per heavy atom. The molecule has 2 aromatic rings. The Morgan fingerprint density at radius 3 is 2.25 bits per heavy atom. The van der Waals surface area contributed by atoms with Crippen molar-refractivity contribution in [3.63, 3.8) is 0 Å². The van der Waals surface area contributed by atoms with Crippen LogP contribution in [0, 0.1) is 11.6 Å². The molecule has 0 bridgehead atoms. The van der Waals surface area contributed by atoms with Crippen LogP contribution in [0.5, 0.6) is 0 Å². The predicted octanol–water partition coefficient (Wildman–Crippen LogP) is 3.36. The zero-order valence-electron chi connectivity index (χ0n) is 13.0. The van der Waals surface area contributed by atoms with E-state index in [1.165, 1.54) is 13.0 Å². The van der Waals surface area contributed by atoms with Crippen LogP contribution < -0.4 is 16.0 Å². The number of nitrogens with one attached hydrogen (secondary N) is 3. The smallest absolute Gasteiger partial charge is 0.226 e. The van der Waals surface area contributed by atoms with Crippen molar-refractivity contribution in [3.05, 3.63) is 54.1 Å². The minimum absolute atomic E-state index is 0.0259. The van der Waals surface area contributed by atoms with Crippen LogP contribution in [-0.2, 0) is 9.59 Å². The summed E-state index contributed by atoms with van der Waals surface area (Å²) >= 11 is 0. The molecule has 0 fully saturated rings. The quantitative estimate of drug-likeness (QED) is 0.759. The summed E-state index contributed by atoms with van der Waals surface area (Å²) in [5, 5.41) is 7.87. The topological polar surface area (TPSA) is 70.2 Å². The Bertz CT molecular complexity index is 730. The van der Waals surface area contributed by atoms with Crippen LogP contribution in [0.2, 0.25) is 0 Å². The van der Waals surface area contributed by atoms with Crippen molar-refractivity contribution in [1.82, 2.24) is 0 Å². The van der Waals surface area contributed by atoms with Crippen LogP contribution in [0.15, 0.2) is 42.5 Å². The zero-order valence-corrected chi connectivity index (χ0v) is 13.0. The van der Waals surface area contributed by atoms with Gasteiger partial charge in [-0.3, -0.25) is 9.59 Å². The molecule has 0 aromatic heterocycles. The highest BCUT2D eigenvalue weighted by atomic mass is 19.1. The van der Waals surface area contributed by atoms with Gasteiger partial charge in [0.1, 0.15) is 17.3 Å². The third kappa shape index (κ3) is 5.05. The number of carbonyl (C=O) groups excluding carboxylic acids is 2. The summed E-state index contributed by atoms with van der Waals surface area (Å²) in [5.74, 6) is -2.33. The first-order valence-electron chi connectivity index (χ1n) is 7.31. The second-order valence-corrected chi connectivity index (χ2v) is 5.08. The molecule has 0 aliphatic rings. The molecule has 2 amide bonds. The normalized spacial score (nSPS) is 10.1. The number of amides is 2. The van der Waals surface area contributed by atoms with E-state index < -0.39 is 23.2 Å². The lowest BCUT2D eigenvalue weighted by molar-refractivity contribution is -0.116. The number of hydrogen-bond acceptors (Lipinski definition) is 3. The molecule has 0 saturated carbocycles. The van der Waals surface area contributed by atoms with Crippen molar-refractivity contribution in [1.29, 1.82) is 0 Å². The fourth-order valence-corrected chi connectivity index (χ4v) is 2.05. The van der Waals surface area contributed by atoms with E-state index in [0.29, 0.717) is 11.4 Å². The monoisotopic (exact) mass is 333 g/mol. The lowest BCUT2D eigenvalue weighted by atomic mass is 10.2. The number of hydrogen-bond donors (Lipinski definition) is 3. The maximum atomic E-state index is 13.4. The highest BCUT2D eigenvalue weighted by Crippen LogP contribution is 2.18. The van der Waals surface area contributed by atoms with Crippen molar-refractivity contribution < 1.29 is 18.4 Å². The second kappa shape index (κ2) is 8.05. The Morgan fingerprint density at radius 1 is 0.958 bits per heavy atom. The van der Waals surface area contributed by atoms with Crippen molar-refractivity contribution in [2.75, 3.05) is 22.5 Å². The van der Waals surface area contributed by atoms with Gasteiger partial charge in [0.05, 0.1) is 0 Å². The van der Waals surface area contributed by atoms with E-state index in [0.717, 1.165) is 12.1 Å². The highest BCUT2D eigenvalue weighted by molar-refractivity contribution is 5.91. The lowest BCUT2D eigenvalue weighted by Gasteiger charge is -2.10. The molecule has 0 aliphatic heterocycles. The van der Waals surface area contributed by atoms with E-state index in [-0.39, 0.29) is 18.9 Å². The van der Waals surface area contributed by atoms with Gasteiger partial charge in [0.2, 0.25) is 11.8 Å². The SMILES string of the molecule is CC(=O)Nc1cccc(NCCC(=O)Nc2c(F)cccc2F)c1. The number of benzene rings is 2. The van der Waals surface area contributed by atoms with E-state index in [4.69, 9.17) is 0 Å². The molecule has 0 aliphatic carbocycles. The molecule has 5 nitrogen and oxygen atoms in total. The molecule has 0 spiro atoms. The predicted molar refractivity (Wildman–Crippen MR) is 88.8 cm³/mol. The Hall–Kier alpha value is -2.96. The molecule has 0 atom stereocenters. The summed E-state index contributed by atoms with van der Waals surface area (Å²) in [6, 6.07) is 10.4. The van der Waals surface area contributed by atoms with Gasteiger partial charge in [0, 0.05) is 31.3 Å². The molecule has 0 radical (unpaired) electrons. The standard InChI is InChI=1S/C17H17F2N3O2/c1-11(23)21-13-5-2-4-12(10-13)20-9-8-16(24)22-17-14(18)6-3-7-15(17)19/h2-7,10,20H,8-9H2,1H3,(H,21,23)(H,22,24). The summed E-state index contributed by atoms with van der Waals surface area (Å²) in [6.45, 7) is 1.68. The molecule has 7 heteroatoms. The molecular formula is C17H17F2N3O2. The lowest BCUT2D eigenvalue weighted by Crippen LogP contribution is -2.18. The number of carbonyl (C=O) groups is 2. The van der Waals surface area contributed by atoms with E-state index in [2.05, 4.69) is 16.0 Å². The number of halogens is 2. The molecular weight excluding hydrogens is 316 g/mol. The van der Waals surface area contributed by atoms with Gasteiger partial charge < -0.3 is 16.0 Å². The van der Waals surface area contributed by atoms with Crippen molar-refractivity contribution in [3.8, 4) is 0 Å². The average molecular weight is 333 g/mol. The molecule has 0 unspecified atom stereocenters. The maximum Gasteiger partial charge on any atom is 0.226 e. The van der Waals surface area contributed by atoms with Crippen LogP contribution in [0.4, 0.5) is 25.8 Å². The summed E-state index contributed by atoms with van der Waals surface area (Å²) < 4.78 is 26.9. The zero-order chi connectivity index (χ0) is 17.5. The van der Waals surface area contributed by atoms with Crippen molar-refractivity contribution in [2.45, 2.75) is 13.3 Å². The third-order valence-electron chi connectivity index (χ3n) is 3.09. The summed E-state index contributed by atoms with van der Waals surface area (Å²) in [6.07, 6.45) is 0.0259. The average Bonchev–Trinajstić information content (AvgIpc) is 2.51. The summed E-state index contributed by atoms with van der Waals surface area (Å²) in [5.41, 5.74) is 0.895. The van der Waals surface area contributed by atoms with Gasteiger partial charge in [-0.2, -0.15) is 0 Å². The van der Waals surface area contributed by atoms with Crippen LogP contribution in [0.25, 0.3) is 0 Å². The first-order valence-corrected chi connectivity index (χ1v) is 7.31. The fraction of sp³-hybridized carbons (Fsp3) is 0.176. The first kappa shape index (κ1) is 17.4. The van der Waals surface area contributed by atoms with Crippen LogP contribution in [-0.4, -0.2) is 18.4 Å². The van der Waals surface area contributed by atoms with E-state index in [1.807, 2.05) is 0 Å². The van der Waals surface area contributed by atoms with Crippen LogP contribution >= 0.6 is 0 Å². The van der Waals surface area contributed by atoms with Gasteiger partial charge in [-0.25, -0.2) is 8.78 Å². The minimum atomic E-state index is -0.820. The Kier molecular flexibility index (Phi) is 5.83. The summed E-state index contributed by atoms with van der Waals surface area (Å²) in [7, 11) is 0. The van der Waals surface area contributed by atoms with Crippen molar-refractivity contribution in [2.24, 2.45) is 0 Å². The second-order valence-electron chi connectivity index (χ2n) is 5.08. The largest absolute Gasteiger partial charge is 0.384 e. The van der Waals surface area contributed by atoms with Gasteiger partial charge in [0.15, 0.2) is 0 Å². The maximum absolute atomic E-state index is 13.4. The number of rotatable bonds is 6. The molecule has 2 aromatic carbocycles. The third-order valence-corrected chi connectivity index (χ3v) is 3.09. The van der Waals surface area contributed by atoms with E-state index in [1.54, 1.807) is 24.3 Å². The van der Waals surface area contributed by atoms with Gasteiger partial charge >= 0.3 is 0 Å². The molecule has 126 valence electrons. The van der Waals surface area contributed by atoms with E-state index >= 15 is 0 Å². The van der Waals surface area contributed by atoms with Crippen LogP contribution in [0.3, 0.4) is 0 Å². The minimum Gasteiger partial charge on any atom is -0.384 e.